The number of thiazole rings is 1. The van der Waals surface area contributed by atoms with Gasteiger partial charge in [0.15, 0.2) is 0 Å². The van der Waals surface area contributed by atoms with Crippen LogP contribution in [0.1, 0.15) is 17.5 Å². The Kier molecular flexibility index (Phi) is 2.12. The van der Waals surface area contributed by atoms with Crippen LogP contribution in [0, 0.1) is 0 Å². The second kappa shape index (κ2) is 3.27. The zero-order valence-corrected chi connectivity index (χ0v) is 7.90. The number of hydrogen-bond donors (Lipinski definition) is 1. The van der Waals surface area contributed by atoms with Crippen molar-refractivity contribution in [2.45, 2.75) is 6.10 Å². The van der Waals surface area contributed by atoms with Gasteiger partial charge < -0.3 is 5.11 Å². The molecule has 0 aromatic carbocycles. The molecular weight excluding hydrogens is 186 g/mol. The highest BCUT2D eigenvalue weighted by Crippen LogP contribution is 2.20. The van der Waals surface area contributed by atoms with E-state index in [1.807, 2.05) is 5.38 Å². The minimum atomic E-state index is -0.668. The van der Waals surface area contributed by atoms with Gasteiger partial charge in [-0.15, -0.1) is 11.3 Å². The summed E-state index contributed by atoms with van der Waals surface area (Å²) in [7, 11) is 1.80. The molecule has 2 aromatic heterocycles. The highest BCUT2D eigenvalue weighted by atomic mass is 32.1. The van der Waals surface area contributed by atoms with E-state index < -0.39 is 6.10 Å². The zero-order valence-electron chi connectivity index (χ0n) is 7.08. The molecule has 0 spiro atoms. The van der Waals surface area contributed by atoms with E-state index in [-0.39, 0.29) is 0 Å². The molecule has 68 valence electrons. The molecule has 0 saturated heterocycles. The van der Waals surface area contributed by atoms with E-state index in [0.29, 0.717) is 5.69 Å². The number of aliphatic hydroxyl groups excluding tert-OH is 1. The van der Waals surface area contributed by atoms with Crippen molar-refractivity contribution in [2.75, 3.05) is 0 Å². The van der Waals surface area contributed by atoms with E-state index in [1.165, 1.54) is 11.3 Å². The third kappa shape index (κ3) is 1.48. The van der Waals surface area contributed by atoms with Gasteiger partial charge in [0.2, 0.25) is 0 Å². The fourth-order valence-electron chi connectivity index (χ4n) is 1.16. The summed E-state index contributed by atoms with van der Waals surface area (Å²) < 4.78 is 1.64. The maximum Gasteiger partial charge on any atom is 0.138 e. The van der Waals surface area contributed by atoms with Crippen LogP contribution in [0.3, 0.4) is 0 Å². The predicted octanol–water partition coefficient (Wildman–Crippen LogP) is 0.958. The second-order valence-electron chi connectivity index (χ2n) is 2.70. The highest BCUT2D eigenvalue weighted by Gasteiger charge is 2.14. The molecule has 1 N–H and O–H groups in total. The largest absolute Gasteiger partial charge is 0.380 e. The minimum absolute atomic E-state index is 0.668. The number of aryl methyl sites for hydroxylation is 1. The van der Waals surface area contributed by atoms with Crippen molar-refractivity contribution in [1.29, 1.82) is 0 Å². The predicted molar refractivity (Wildman–Crippen MR) is 49.4 cm³/mol. The molecule has 2 rings (SSSR count). The Morgan fingerprint density at radius 2 is 2.46 bits per heavy atom. The van der Waals surface area contributed by atoms with Crippen molar-refractivity contribution in [3.63, 3.8) is 0 Å². The first-order valence-electron chi connectivity index (χ1n) is 3.83. The van der Waals surface area contributed by atoms with E-state index in [4.69, 9.17) is 0 Å². The Morgan fingerprint density at radius 1 is 1.62 bits per heavy atom. The van der Waals surface area contributed by atoms with E-state index in [1.54, 1.807) is 29.5 Å². The summed E-state index contributed by atoms with van der Waals surface area (Å²) >= 11 is 1.47. The molecule has 5 heteroatoms. The van der Waals surface area contributed by atoms with Crippen LogP contribution in [0.15, 0.2) is 23.2 Å². The molecular formula is C8H9N3OS. The normalized spacial score (nSPS) is 13.1. The number of aromatic nitrogens is 3. The van der Waals surface area contributed by atoms with Gasteiger partial charge in [0, 0.05) is 18.6 Å². The molecule has 2 heterocycles. The maximum absolute atomic E-state index is 9.83. The van der Waals surface area contributed by atoms with Crippen molar-refractivity contribution in [3.8, 4) is 0 Å². The van der Waals surface area contributed by atoms with E-state index in [0.717, 1.165) is 5.69 Å². The average Bonchev–Trinajstić information content (AvgIpc) is 2.72. The molecule has 0 aliphatic heterocycles. The first kappa shape index (κ1) is 8.40. The Balaban J connectivity index is 2.33. The molecule has 0 radical (unpaired) electrons. The lowest BCUT2D eigenvalue weighted by atomic mass is 10.2. The van der Waals surface area contributed by atoms with Crippen molar-refractivity contribution < 1.29 is 5.11 Å². The van der Waals surface area contributed by atoms with Gasteiger partial charge in [0.1, 0.15) is 6.10 Å². The van der Waals surface area contributed by atoms with Crippen LogP contribution in [0.4, 0.5) is 0 Å². The molecule has 0 fully saturated rings. The average molecular weight is 195 g/mol. The Hall–Kier alpha value is -1.20. The molecule has 1 atom stereocenters. The van der Waals surface area contributed by atoms with Crippen LogP contribution >= 0.6 is 11.3 Å². The van der Waals surface area contributed by atoms with Gasteiger partial charge in [-0.1, -0.05) is 0 Å². The van der Waals surface area contributed by atoms with Gasteiger partial charge in [-0.05, 0) is 6.07 Å². The smallest absolute Gasteiger partial charge is 0.138 e. The van der Waals surface area contributed by atoms with Crippen LogP contribution in [0.5, 0.6) is 0 Å². The minimum Gasteiger partial charge on any atom is -0.380 e. The highest BCUT2D eigenvalue weighted by molar-refractivity contribution is 7.07. The van der Waals surface area contributed by atoms with E-state index in [9.17, 15) is 5.11 Å². The molecule has 0 aliphatic rings. The van der Waals surface area contributed by atoms with Gasteiger partial charge in [-0.3, -0.25) is 4.68 Å². The molecule has 13 heavy (non-hydrogen) atoms. The van der Waals surface area contributed by atoms with Crippen molar-refractivity contribution >= 4 is 11.3 Å². The summed E-state index contributed by atoms with van der Waals surface area (Å²) in [5.74, 6) is 0. The van der Waals surface area contributed by atoms with Crippen molar-refractivity contribution in [1.82, 2.24) is 14.8 Å². The van der Waals surface area contributed by atoms with Gasteiger partial charge >= 0.3 is 0 Å². The molecule has 0 amide bonds. The zero-order chi connectivity index (χ0) is 9.26. The summed E-state index contributed by atoms with van der Waals surface area (Å²) in [6.07, 6.45) is 0.990. The molecule has 0 bridgehead atoms. The monoisotopic (exact) mass is 195 g/mol. The number of nitrogens with zero attached hydrogens (tertiary/aromatic N) is 3. The van der Waals surface area contributed by atoms with E-state index >= 15 is 0 Å². The van der Waals surface area contributed by atoms with Crippen LogP contribution in [0.25, 0.3) is 0 Å². The van der Waals surface area contributed by atoms with Crippen molar-refractivity contribution in [3.05, 3.63) is 34.5 Å². The molecule has 2 aromatic rings. The third-order valence-corrected chi connectivity index (χ3v) is 2.48. The van der Waals surface area contributed by atoms with Gasteiger partial charge in [0.25, 0.3) is 0 Å². The number of rotatable bonds is 2. The Morgan fingerprint density at radius 3 is 3.00 bits per heavy atom. The summed E-state index contributed by atoms with van der Waals surface area (Å²) in [4.78, 5) is 4.04. The summed E-state index contributed by atoms with van der Waals surface area (Å²) in [5, 5.41) is 15.6. The lowest BCUT2D eigenvalue weighted by molar-refractivity contribution is 0.205. The maximum atomic E-state index is 9.83. The van der Waals surface area contributed by atoms with Gasteiger partial charge in [0.05, 0.1) is 16.9 Å². The van der Waals surface area contributed by atoms with Crippen molar-refractivity contribution in [2.24, 2.45) is 7.05 Å². The standard InChI is InChI=1S/C8H9N3OS/c1-11-7(2-3-10-11)8(12)6-4-13-5-9-6/h2-5,8,12H,1H3. The lowest BCUT2D eigenvalue weighted by Crippen LogP contribution is -2.06. The lowest BCUT2D eigenvalue weighted by Gasteiger charge is -2.07. The number of hydrogen-bond acceptors (Lipinski definition) is 4. The topological polar surface area (TPSA) is 50.9 Å². The second-order valence-corrected chi connectivity index (χ2v) is 3.41. The van der Waals surface area contributed by atoms with Crippen LogP contribution in [-0.4, -0.2) is 19.9 Å². The van der Waals surface area contributed by atoms with Crippen LogP contribution in [-0.2, 0) is 7.05 Å². The number of aliphatic hydroxyl groups is 1. The fourth-order valence-corrected chi connectivity index (χ4v) is 1.73. The first-order valence-corrected chi connectivity index (χ1v) is 4.77. The quantitative estimate of drug-likeness (QED) is 0.776. The SMILES string of the molecule is Cn1nccc1C(O)c1cscn1. The van der Waals surface area contributed by atoms with Gasteiger partial charge in [-0.25, -0.2) is 4.98 Å². The molecule has 0 saturated carbocycles. The third-order valence-electron chi connectivity index (χ3n) is 1.87. The summed E-state index contributed by atoms with van der Waals surface area (Å²) in [6.45, 7) is 0. The molecule has 4 nitrogen and oxygen atoms in total. The molecule has 0 aliphatic carbocycles. The van der Waals surface area contributed by atoms with Crippen LogP contribution < -0.4 is 0 Å². The van der Waals surface area contributed by atoms with Gasteiger partial charge in [-0.2, -0.15) is 5.10 Å². The summed E-state index contributed by atoms with van der Waals surface area (Å²) in [5.41, 5.74) is 3.13. The van der Waals surface area contributed by atoms with E-state index in [2.05, 4.69) is 10.1 Å². The Labute approximate surface area is 79.5 Å². The molecule has 1 unspecified atom stereocenters. The Bertz CT molecular complexity index is 382. The first-order chi connectivity index (χ1) is 6.29. The van der Waals surface area contributed by atoms with Crippen LogP contribution in [0.2, 0.25) is 0 Å². The summed E-state index contributed by atoms with van der Waals surface area (Å²) in [6, 6.07) is 1.78. The fraction of sp³-hybridized carbons (Fsp3) is 0.250.